The van der Waals surface area contributed by atoms with E-state index in [1.165, 1.54) is 17.4 Å². The van der Waals surface area contributed by atoms with Gasteiger partial charge in [0, 0.05) is 16.9 Å². The number of benzene rings is 2. The van der Waals surface area contributed by atoms with Crippen molar-refractivity contribution in [2.45, 2.75) is 38.1 Å². The van der Waals surface area contributed by atoms with Crippen molar-refractivity contribution in [1.29, 1.82) is 0 Å². The summed E-state index contributed by atoms with van der Waals surface area (Å²) < 4.78 is 39.1. The van der Waals surface area contributed by atoms with Gasteiger partial charge in [-0.3, -0.25) is 4.79 Å². The van der Waals surface area contributed by atoms with E-state index in [2.05, 4.69) is 4.99 Å². The highest BCUT2D eigenvalue weighted by atomic mass is 32.2. The Morgan fingerprint density at radius 2 is 1.71 bits per heavy atom. The smallest absolute Gasteiger partial charge is 0.421 e. The molecule has 200 valence electrons. The molecule has 1 N–H and O–H groups in total. The molecule has 0 bridgehead atoms. The van der Waals surface area contributed by atoms with Gasteiger partial charge in [0.25, 0.3) is 15.9 Å². The van der Waals surface area contributed by atoms with Crippen LogP contribution >= 0.6 is 11.3 Å². The number of carbonyl (C=O) groups is 3. The first-order valence-corrected chi connectivity index (χ1v) is 14.4. The minimum Gasteiger partial charge on any atom is -0.461 e. The predicted octanol–water partition coefficient (Wildman–Crippen LogP) is 3.71. The zero-order valence-corrected chi connectivity index (χ0v) is 22.5. The number of carbonyl (C=O) groups excluding carboxylic acids is 3. The molecule has 2 amide bonds. The van der Waals surface area contributed by atoms with Gasteiger partial charge < -0.3 is 14.0 Å². The fourth-order valence-electron chi connectivity index (χ4n) is 3.69. The molecule has 1 aliphatic rings. The summed E-state index contributed by atoms with van der Waals surface area (Å²) in [5, 5.41) is 1.63. The maximum atomic E-state index is 12.8. The number of hydrogen-bond donors (Lipinski definition) is 1. The van der Waals surface area contributed by atoms with Crippen LogP contribution < -0.4 is 9.52 Å². The van der Waals surface area contributed by atoms with Crippen molar-refractivity contribution in [2.24, 2.45) is 10.9 Å². The number of rotatable bonds is 9. The molecule has 0 saturated heterocycles. The number of aromatic nitrogens is 1. The normalized spacial score (nSPS) is 13.7. The minimum atomic E-state index is -4.17. The zero-order valence-electron chi connectivity index (χ0n) is 20.9. The molecule has 1 saturated carbocycles. The molecule has 0 spiro atoms. The van der Waals surface area contributed by atoms with Crippen molar-refractivity contribution in [2.75, 3.05) is 13.2 Å². The van der Waals surface area contributed by atoms with Gasteiger partial charge in [0.2, 0.25) is 0 Å². The summed E-state index contributed by atoms with van der Waals surface area (Å²) in [5.74, 6) is -0.750. The van der Waals surface area contributed by atoms with Crippen LogP contribution in [0, 0.1) is 5.92 Å². The molecule has 4 rings (SSSR count). The molecular weight excluding hydrogens is 530 g/mol. The summed E-state index contributed by atoms with van der Waals surface area (Å²) in [6, 6.07) is 13.4. The van der Waals surface area contributed by atoms with Gasteiger partial charge in [0.15, 0.2) is 4.80 Å². The monoisotopic (exact) mass is 557 g/mol. The summed E-state index contributed by atoms with van der Waals surface area (Å²) in [4.78, 5) is 41.2. The van der Waals surface area contributed by atoms with Crippen LogP contribution in [0.15, 0.2) is 63.8 Å². The SMILES string of the molecule is CCOC(=O)NS(=O)(=O)c1ccccc1-c1ccc(Cn2c(C(=O)OCC)csc2=NC(=O)C2CC2)cc1. The highest BCUT2D eigenvalue weighted by Gasteiger charge is 2.30. The first kappa shape index (κ1) is 27.3. The van der Waals surface area contributed by atoms with Crippen molar-refractivity contribution in [1.82, 2.24) is 9.29 Å². The van der Waals surface area contributed by atoms with E-state index in [0.717, 1.165) is 18.4 Å². The Bertz CT molecular complexity index is 1520. The van der Waals surface area contributed by atoms with E-state index >= 15 is 0 Å². The van der Waals surface area contributed by atoms with Gasteiger partial charge in [-0.1, -0.05) is 42.5 Å². The number of sulfonamides is 1. The van der Waals surface area contributed by atoms with E-state index in [9.17, 15) is 22.8 Å². The van der Waals surface area contributed by atoms with Gasteiger partial charge in [-0.2, -0.15) is 4.99 Å². The van der Waals surface area contributed by atoms with Crippen LogP contribution in [-0.2, 0) is 30.8 Å². The van der Waals surface area contributed by atoms with Gasteiger partial charge >= 0.3 is 12.1 Å². The summed E-state index contributed by atoms with van der Waals surface area (Å²) >= 11 is 1.20. The van der Waals surface area contributed by atoms with Gasteiger partial charge in [-0.25, -0.2) is 22.7 Å². The third-order valence-corrected chi connectivity index (χ3v) is 7.92. The average Bonchev–Trinajstić information content (AvgIpc) is 3.67. The molecule has 10 nitrogen and oxygen atoms in total. The van der Waals surface area contributed by atoms with Crippen LogP contribution in [0.2, 0.25) is 0 Å². The van der Waals surface area contributed by atoms with Gasteiger partial charge in [0.05, 0.1) is 24.7 Å². The van der Waals surface area contributed by atoms with Crippen LogP contribution in [0.3, 0.4) is 0 Å². The molecule has 0 atom stereocenters. The fourth-order valence-corrected chi connectivity index (χ4v) is 5.69. The van der Waals surface area contributed by atoms with E-state index in [1.54, 1.807) is 66.3 Å². The van der Waals surface area contributed by atoms with Crippen LogP contribution in [-0.4, -0.2) is 44.2 Å². The Kier molecular flexibility index (Phi) is 8.42. The number of nitrogens with zero attached hydrogens (tertiary/aromatic N) is 2. The number of ether oxygens (including phenoxy) is 2. The first-order valence-electron chi connectivity index (χ1n) is 12.1. The second kappa shape index (κ2) is 11.7. The average molecular weight is 558 g/mol. The third-order valence-electron chi connectivity index (χ3n) is 5.69. The van der Waals surface area contributed by atoms with Crippen molar-refractivity contribution in [3.8, 4) is 11.1 Å². The Balaban J connectivity index is 1.64. The van der Waals surface area contributed by atoms with Crippen molar-refractivity contribution in [3.63, 3.8) is 0 Å². The summed E-state index contributed by atoms with van der Waals surface area (Å²) in [5.41, 5.74) is 2.10. The maximum Gasteiger partial charge on any atom is 0.421 e. The quantitative estimate of drug-likeness (QED) is 0.397. The first-order chi connectivity index (χ1) is 18.2. The molecule has 1 fully saturated rings. The molecule has 0 unspecified atom stereocenters. The van der Waals surface area contributed by atoms with Crippen LogP contribution in [0.1, 0.15) is 42.7 Å². The fraction of sp³-hybridized carbons (Fsp3) is 0.308. The molecule has 1 aromatic heterocycles. The standard InChI is InChI=1S/C26H27N3O7S2/c1-3-35-24(31)21-16-37-25(27-23(30)19-13-14-19)29(21)15-17-9-11-18(12-10-17)20-7-5-6-8-22(20)38(33,34)28-26(32)36-4-2/h5-12,16,19H,3-4,13-15H2,1-2H3,(H,28,32). The second-order valence-corrected chi connectivity index (χ2v) is 10.9. The van der Waals surface area contributed by atoms with Gasteiger partial charge in [0.1, 0.15) is 5.69 Å². The Labute approximate surface area is 224 Å². The Morgan fingerprint density at radius 1 is 1.03 bits per heavy atom. The third kappa shape index (κ3) is 6.37. The van der Waals surface area contributed by atoms with Crippen LogP contribution in [0.5, 0.6) is 0 Å². The lowest BCUT2D eigenvalue weighted by molar-refractivity contribution is -0.119. The highest BCUT2D eigenvalue weighted by Crippen LogP contribution is 2.30. The van der Waals surface area contributed by atoms with E-state index in [-0.39, 0.29) is 36.5 Å². The molecule has 0 radical (unpaired) electrons. The van der Waals surface area contributed by atoms with E-state index in [1.807, 2.05) is 4.72 Å². The summed E-state index contributed by atoms with van der Waals surface area (Å²) in [6.07, 6.45) is 0.600. The Morgan fingerprint density at radius 3 is 2.37 bits per heavy atom. The lowest BCUT2D eigenvalue weighted by Crippen LogP contribution is -2.31. The zero-order chi connectivity index (χ0) is 27.3. The van der Waals surface area contributed by atoms with E-state index in [0.29, 0.717) is 21.6 Å². The molecule has 2 aromatic carbocycles. The number of esters is 1. The lowest BCUT2D eigenvalue weighted by atomic mass is 10.0. The molecular formula is C26H27N3O7S2. The molecule has 1 aliphatic carbocycles. The van der Waals surface area contributed by atoms with Crippen molar-refractivity contribution < 1.29 is 32.3 Å². The summed E-state index contributed by atoms with van der Waals surface area (Å²) in [6.45, 7) is 3.79. The lowest BCUT2D eigenvalue weighted by Gasteiger charge is -2.13. The second-order valence-electron chi connectivity index (χ2n) is 8.45. The van der Waals surface area contributed by atoms with E-state index in [4.69, 9.17) is 9.47 Å². The molecule has 1 heterocycles. The molecule has 38 heavy (non-hydrogen) atoms. The summed E-state index contributed by atoms with van der Waals surface area (Å²) in [7, 11) is -4.17. The van der Waals surface area contributed by atoms with E-state index < -0.39 is 22.1 Å². The van der Waals surface area contributed by atoms with Crippen molar-refractivity contribution >= 4 is 39.3 Å². The minimum absolute atomic E-state index is 0.0359. The number of nitrogens with one attached hydrogen (secondary N) is 1. The Hall–Kier alpha value is -3.77. The molecule has 0 aliphatic heterocycles. The molecule has 3 aromatic rings. The van der Waals surface area contributed by atoms with Crippen molar-refractivity contribution in [3.05, 3.63) is 70.0 Å². The number of hydrogen-bond acceptors (Lipinski definition) is 8. The topological polar surface area (TPSA) is 133 Å². The van der Waals surface area contributed by atoms with Crippen LogP contribution in [0.4, 0.5) is 4.79 Å². The van der Waals surface area contributed by atoms with Gasteiger partial charge in [-0.15, -0.1) is 11.3 Å². The molecule has 12 heteroatoms. The number of amides is 2. The van der Waals surface area contributed by atoms with Crippen LogP contribution in [0.25, 0.3) is 11.1 Å². The maximum absolute atomic E-state index is 12.8. The number of thiazole rings is 1. The largest absolute Gasteiger partial charge is 0.461 e. The predicted molar refractivity (Wildman–Crippen MR) is 140 cm³/mol. The highest BCUT2D eigenvalue weighted by molar-refractivity contribution is 7.90. The van der Waals surface area contributed by atoms with Gasteiger partial charge in [-0.05, 0) is 43.9 Å².